The molecule has 2 nitrogen and oxygen atoms in total. The van der Waals surface area contributed by atoms with Gasteiger partial charge in [0.1, 0.15) is 0 Å². The number of aryl methyl sites for hydroxylation is 4. The third kappa shape index (κ3) is 4.23. The van der Waals surface area contributed by atoms with Crippen LogP contribution in [-0.2, 0) is 25.7 Å². The summed E-state index contributed by atoms with van der Waals surface area (Å²) in [6.45, 7) is 0. The Balaban J connectivity index is 1.45. The summed E-state index contributed by atoms with van der Waals surface area (Å²) in [5.41, 5.74) is 10.2. The number of anilines is 4. The highest BCUT2D eigenvalue weighted by molar-refractivity contribution is 5.66. The van der Waals surface area contributed by atoms with E-state index in [1.165, 1.54) is 33.6 Å². The van der Waals surface area contributed by atoms with Crippen molar-refractivity contribution in [3.8, 4) is 0 Å². The van der Waals surface area contributed by atoms with Crippen molar-refractivity contribution in [2.75, 3.05) is 10.6 Å². The third-order valence-corrected chi connectivity index (χ3v) is 5.82. The molecular formula is C28H26N2. The van der Waals surface area contributed by atoms with Crippen LogP contribution in [0, 0.1) is 0 Å². The van der Waals surface area contributed by atoms with E-state index in [1.807, 2.05) is 0 Å². The largest absolute Gasteiger partial charge is 0.355 e. The summed E-state index contributed by atoms with van der Waals surface area (Å²) >= 11 is 0. The van der Waals surface area contributed by atoms with E-state index in [0.29, 0.717) is 0 Å². The van der Waals surface area contributed by atoms with Gasteiger partial charge in [0.25, 0.3) is 0 Å². The first kappa shape index (κ1) is 18.5. The molecule has 0 amide bonds. The number of hydrogen-bond acceptors (Lipinski definition) is 2. The zero-order valence-corrected chi connectivity index (χ0v) is 17.1. The average molecular weight is 391 g/mol. The SMILES string of the molecule is c1ccc(Nc2cc3ccc2CCc2ccc(c(Nc4ccccc4)c2)CC3)cc1. The fourth-order valence-corrected chi connectivity index (χ4v) is 4.14. The molecule has 2 heteroatoms. The van der Waals surface area contributed by atoms with Gasteiger partial charge in [-0.3, -0.25) is 0 Å². The minimum Gasteiger partial charge on any atom is -0.355 e. The molecule has 0 heterocycles. The Morgan fingerprint density at radius 2 is 0.867 bits per heavy atom. The summed E-state index contributed by atoms with van der Waals surface area (Å²) in [7, 11) is 0. The lowest BCUT2D eigenvalue weighted by Crippen LogP contribution is -2.04. The Morgan fingerprint density at radius 3 is 1.30 bits per heavy atom. The van der Waals surface area contributed by atoms with Crippen molar-refractivity contribution in [1.29, 1.82) is 0 Å². The van der Waals surface area contributed by atoms with Gasteiger partial charge in [0.05, 0.1) is 0 Å². The fourth-order valence-electron chi connectivity index (χ4n) is 4.14. The summed E-state index contributed by atoms with van der Waals surface area (Å²) in [6.07, 6.45) is 4.07. The normalized spacial score (nSPS) is 12.8. The van der Waals surface area contributed by atoms with Crippen LogP contribution in [0.15, 0.2) is 97.1 Å². The molecule has 0 aromatic heterocycles. The van der Waals surface area contributed by atoms with Gasteiger partial charge in [-0.1, -0.05) is 60.7 Å². The standard InChI is InChI=1S/C28H26N2/c1-3-7-25(8-4-1)29-27-19-21-11-15-23(27)17-13-22-12-16-24(18-14-21)28(20-22)30-26-9-5-2-6-10-26/h1-12,15-16,19-20,29-30H,13-14,17-18H2. The van der Waals surface area contributed by atoms with Crippen molar-refractivity contribution in [3.05, 3.63) is 119 Å². The summed E-state index contributed by atoms with van der Waals surface area (Å²) in [4.78, 5) is 0. The number of rotatable bonds is 4. The molecular weight excluding hydrogens is 364 g/mol. The van der Waals surface area contributed by atoms with Gasteiger partial charge in [-0.05, 0) is 84.3 Å². The van der Waals surface area contributed by atoms with E-state index in [-0.39, 0.29) is 0 Å². The van der Waals surface area contributed by atoms with Gasteiger partial charge in [0.2, 0.25) is 0 Å². The van der Waals surface area contributed by atoms with Gasteiger partial charge in [-0.2, -0.15) is 0 Å². The highest BCUT2D eigenvalue weighted by Crippen LogP contribution is 2.29. The summed E-state index contributed by atoms with van der Waals surface area (Å²) < 4.78 is 0. The molecule has 0 saturated carbocycles. The molecule has 0 spiro atoms. The summed E-state index contributed by atoms with van der Waals surface area (Å²) in [6, 6.07) is 34.8. The fraction of sp³-hybridized carbons (Fsp3) is 0.143. The van der Waals surface area contributed by atoms with E-state index >= 15 is 0 Å². The first-order valence-electron chi connectivity index (χ1n) is 10.7. The smallest absolute Gasteiger partial charge is 0.0419 e. The molecule has 0 unspecified atom stereocenters. The second-order valence-corrected chi connectivity index (χ2v) is 7.97. The maximum Gasteiger partial charge on any atom is 0.0419 e. The zero-order valence-electron chi connectivity index (χ0n) is 17.1. The molecule has 0 radical (unpaired) electrons. The number of para-hydroxylation sites is 2. The highest BCUT2D eigenvalue weighted by atomic mass is 14.9. The van der Waals surface area contributed by atoms with Crippen LogP contribution in [0.5, 0.6) is 0 Å². The van der Waals surface area contributed by atoms with Crippen molar-refractivity contribution >= 4 is 22.7 Å². The van der Waals surface area contributed by atoms with Crippen LogP contribution in [0.1, 0.15) is 22.3 Å². The summed E-state index contributed by atoms with van der Waals surface area (Å²) in [5.74, 6) is 0. The van der Waals surface area contributed by atoms with Crippen molar-refractivity contribution in [1.82, 2.24) is 0 Å². The van der Waals surface area contributed by atoms with Gasteiger partial charge in [-0.25, -0.2) is 0 Å². The third-order valence-electron chi connectivity index (χ3n) is 5.82. The molecule has 8 rings (SSSR count). The number of nitrogens with one attached hydrogen (secondary N) is 2. The predicted octanol–water partition coefficient (Wildman–Crippen LogP) is 7.06. The van der Waals surface area contributed by atoms with Gasteiger partial charge in [0, 0.05) is 22.7 Å². The summed E-state index contributed by atoms with van der Waals surface area (Å²) in [5, 5.41) is 7.28. The van der Waals surface area contributed by atoms with E-state index in [1.54, 1.807) is 0 Å². The Kier molecular flexibility index (Phi) is 5.22. The van der Waals surface area contributed by atoms with Gasteiger partial charge in [0.15, 0.2) is 0 Å². The Bertz CT molecular complexity index is 1040. The molecule has 4 aliphatic carbocycles. The van der Waals surface area contributed by atoms with Crippen LogP contribution in [0.3, 0.4) is 0 Å². The second-order valence-electron chi connectivity index (χ2n) is 7.97. The van der Waals surface area contributed by atoms with Gasteiger partial charge in [-0.15, -0.1) is 0 Å². The van der Waals surface area contributed by atoms with Crippen molar-refractivity contribution in [3.63, 3.8) is 0 Å². The minimum absolute atomic E-state index is 1.01. The molecule has 0 atom stereocenters. The topological polar surface area (TPSA) is 24.1 Å². The van der Waals surface area contributed by atoms with Crippen LogP contribution < -0.4 is 10.6 Å². The maximum atomic E-state index is 3.64. The average Bonchev–Trinajstić information content (AvgIpc) is 2.78. The molecule has 2 N–H and O–H groups in total. The molecule has 4 aromatic rings. The van der Waals surface area contributed by atoms with Crippen molar-refractivity contribution in [2.45, 2.75) is 25.7 Å². The van der Waals surface area contributed by atoms with Crippen LogP contribution in [-0.4, -0.2) is 0 Å². The molecule has 4 bridgehead atoms. The first-order valence-corrected chi connectivity index (χ1v) is 10.7. The molecule has 0 saturated heterocycles. The molecule has 0 aliphatic heterocycles. The molecule has 148 valence electrons. The highest BCUT2D eigenvalue weighted by Gasteiger charge is 2.11. The lowest BCUT2D eigenvalue weighted by atomic mass is 9.94. The lowest BCUT2D eigenvalue weighted by molar-refractivity contribution is 0.925. The van der Waals surface area contributed by atoms with Gasteiger partial charge < -0.3 is 10.6 Å². The molecule has 0 fully saturated rings. The Hall–Kier alpha value is -3.52. The minimum atomic E-state index is 1.01. The van der Waals surface area contributed by atoms with Crippen LogP contribution in [0.4, 0.5) is 22.7 Å². The molecule has 4 aromatic carbocycles. The van der Waals surface area contributed by atoms with E-state index < -0.39 is 0 Å². The lowest BCUT2D eigenvalue weighted by Gasteiger charge is -2.18. The zero-order chi connectivity index (χ0) is 20.2. The van der Waals surface area contributed by atoms with Crippen LogP contribution >= 0.6 is 0 Å². The molecule has 4 aliphatic rings. The molecule has 30 heavy (non-hydrogen) atoms. The van der Waals surface area contributed by atoms with E-state index in [9.17, 15) is 0 Å². The quantitative estimate of drug-likeness (QED) is 0.390. The van der Waals surface area contributed by atoms with Crippen molar-refractivity contribution in [2.24, 2.45) is 0 Å². The second kappa shape index (κ2) is 8.46. The number of benzene rings is 4. The first-order chi connectivity index (χ1) is 14.8. The van der Waals surface area contributed by atoms with E-state index in [2.05, 4.69) is 108 Å². The van der Waals surface area contributed by atoms with E-state index in [4.69, 9.17) is 0 Å². The predicted molar refractivity (Wildman–Crippen MR) is 127 cm³/mol. The Labute approximate surface area is 178 Å². The maximum absolute atomic E-state index is 3.64. The van der Waals surface area contributed by atoms with Gasteiger partial charge >= 0.3 is 0 Å². The monoisotopic (exact) mass is 390 g/mol. The van der Waals surface area contributed by atoms with Crippen LogP contribution in [0.2, 0.25) is 0 Å². The van der Waals surface area contributed by atoms with Crippen LogP contribution in [0.25, 0.3) is 0 Å². The number of hydrogen-bond donors (Lipinski definition) is 2. The van der Waals surface area contributed by atoms with E-state index in [0.717, 1.165) is 37.1 Å². The van der Waals surface area contributed by atoms with Crippen molar-refractivity contribution < 1.29 is 0 Å². The Morgan fingerprint density at radius 1 is 0.433 bits per heavy atom.